The van der Waals surface area contributed by atoms with Gasteiger partial charge in [0, 0.05) is 25.9 Å². The van der Waals surface area contributed by atoms with E-state index in [1.807, 2.05) is 0 Å². The third-order valence-corrected chi connectivity index (χ3v) is 1.61. The summed E-state index contributed by atoms with van der Waals surface area (Å²) in [6, 6.07) is -0.674. The van der Waals surface area contributed by atoms with E-state index in [4.69, 9.17) is 5.73 Å². The van der Waals surface area contributed by atoms with E-state index in [0.29, 0.717) is 25.9 Å². The number of piperidine rings is 1. The van der Waals surface area contributed by atoms with Crippen LogP contribution in [0.2, 0.25) is 0 Å². The molecule has 0 aromatic rings. The number of nitrogens with zero attached hydrogens (tertiary/aromatic N) is 1. The van der Waals surface area contributed by atoms with Crippen LogP contribution in [0.15, 0.2) is 0 Å². The van der Waals surface area contributed by atoms with Crippen molar-refractivity contribution in [2.45, 2.75) is 12.8 Å². The lowest BCUT2D eigenvalue weighted by Crippen LogP contribution is -2.38. The Hall–Kier alpha value is -1.06. The number of urea groups is 1. The van der Waals surface area contributed by atoms with Crippen molar-refractivity contribution in [1.82, 2.24) is 10.6 Å². The molecule has 2 amide bonds. The standard InChI is InChI=1S/C6H9N2O2/c7-6(10)8-3-1-5(9)2-4-8/h7H,1-4H2. The molecule has 10 heavy (non-hydrogen) atoms. The van der Waals surface area contributed by atoms with Crippen LogP contribution in [0.5, 0.6) is 0 Å². The molecule has 0 bridgehead atoms. The summed E-state index contributed by atoms with van der Waals surface area (Å²) in [6.07, 6.45) is 0.842. The smallest absolute Gasteiger partial charge is 0.323 e. The Kier molecular flexibility index (Phi) is 1.89. The second-order valence-corrected chi connectivity index (χ2v) is 2.33. The molecule has 1 rings (SSSR count). The first kappa shape index (κ1) is 7.05. The summed E-state index contributed by atoms with van der Waals surface area (Å²) in [5.74, 6) is 0.192. The normalized spacial score (nSPS) is 19.2. The lowest BCUT2D eigenvalue weighted by molar-refractivity contribution is -0.120. The average molecular weight is 141 g/mol. The van der Waals surface area contributed by atoms with Crippen molar-refractivity contribution in [3.63, 3.8) is 0 Å². The number of carbonyl (C=O) groups is 2. The molecule has 0 spiro atoms. The number of likely N-dealkylation sites (tertiary alicyclic amines) is 1. The molecule has 1 saturated heterocycles. The van der Waals surface area contributed by atoms with Gasteiger partial charge in [-0.25, -0.2) is 10.5 Å². The first-order valence-corrected chi connectivity index (χ1v) is 3.22. The fraction of sp³-hybridized carbons (Fsp3) is 0.667. The minimum atomic E-state index is -0.674. The zero-order valence-electron chi connectivity index (χ0n) is 5.59. The van der Waals surface area contributed by atoms with Crippen LogP contribution in [0, 0.1) is 0 Å². The third-order valence-electron chi connectivity index (χ3n) is 1.61. The minimum absolute atomic E-state index is 0.192. The zero-order valence-corrected chi connectivity index (χ0v) is 5.59. The number of amides is 2. The van der Waals surface area contributed by atoms with Gasteiger partial charge in [0.25, 0.3) is 0 Å². The van der Waals surface area contributed by atoms with Gasteiger partial charge in [-0.05, 0) is 0 Å². The summed E-state index contributed by atoms with van der Waals surface area (Å²) in [5, 5.41) is 0. The highest BCUT2D eigenvalue weighted by molar-refractivity contribution is 5.82. The topological polar surface area (TPSA) is 61.2 Å². The van der Waals surface area contributed by atoms with Crippen molar-refractivity contribution < 1.29 is 9.59 Å². The second-order valence-electron chi connectivity index (χ2n) is 2.33. The Balaban J connectivity index is 2.40. The second kappa shape index (κ2) is 2.68. The van der Waals surface area contributed by atoms with Crippen LogP contribution < -0.4 is 5.73 Å². The van der Waals surface area contributed by atoms with Crippen LogP contribution in [0.25, 0.3) is 0 Å². The molecule has 1 aliphatic heterocycles. The highest BCUT2D eigenvalue weighted by atomic mass is 16.2. The van der Waals surface area contributed by atoms with Gasteiger partial charge in [-0.2, -0.15) is 0 Å². The fourth-order valence-corrected chi connectivity index (χ4v) is 0.959. The van der Waals surface area contributed by atoms with E-state index in [0.717, 1.165) is 0 Å². The quantitative estimate of drug-likeness (QED) is 0.478. The molecule has 1 N–H and O–H groups in total. The van der Waals surface area contributed by atoms with E-state index in [1.54, 1.807) is 0 Å². The van der Waals surface area contributed by atoms with E-state index in [-0.39, 0.29) is 5.78 Å². The average Bonchev–Trinajstić information content (AvgIpc) is 1.88. The van der Waals surface area contributed by atoms with Gasteiger partial charge in [-0.15, -0.1) is 0 Å². The Labute approximate surface area is 59.0 Å². The molecular formula is C6H9N2O2. The molecule has 0 saturated carbocycles. The zero-order chi connectivity index (χ0) is 7.56. The summed E-state index contributed by atoms with van der Waals surface area (Å²) in [7, 11) is 0. The van der Waals surface area contributed by atoms with Gasteiger partial charge in [-0.1, -0.05) is 0 Å². The van der Waals surface area contributed by atoms with Gasteiger partial charge in [-0.3, -0.25) is 4.79 Å². The fourth-order valence-electron chi connectivity index (χ4n) is 0.959. The molecule has 55 valence electrons. The van der Waals surface area contributed by atoms with Crippen molar-refractivity contribution in [2.24, 2.45) is 0 Å². The van der Waals surface area contributed by atoms with Gasteiger partial charge >= 0.3 is 6.03 Å². The first-order chi connectivity index (χ1) is 4.70. The molecular weight excluding hydrogens is 132 g/mol. The Morgan fingerprint density at radius 3 is 2.30 bits per heavy atom. The maximum Gasteiger partial charge on any atom is 0.336 e. The molecule has 0 aromatic carbocycles. The third kappa shape index (κ3) is 1.46. The maximum atomic E-state index is 10.6. The van der Waals surface area contributed by atoms with Gasteiger partial charge in [0.1, 0.15) is 5.78 Å². The van der Waals surface area contributed by atoms with Crippen molar-refractivity contribution >= 4 is 11.8 Å². The summed E-state index contributed by atoms with van der Waals surface area (Å²) < 4.78 is 0. The number of ketones is 1. The van der Waals surface area contributed by atoms with Gasteiger partial charge in [0.15, 0.2) is 0 Å². The lowest BCUT2D eigenvalue weighted by atomic mass is 10.1. The van der Waals surface area contributed by atoms with Crippen LogP contribution in [-0.4, -0.2) is 29.8 Å². The van der Waals surface area contributed by atoms with Crippen molar-refractivity contribution in [3.8, 4) is 0 Å². The highest BCUT2D eigenvalue weighted by Gasteiger charge is 2.18. The Bertz CT molecular complexity index is 157. The van der Waals surface area contributed by atoms with Gasteiger partial charge < -0.3 is 4.90 Å². The number of rotatable bonds is 0. The largest absolute Gasteiger partial charge is 0.336 e. The van der Waals surface area contributed by atoms with E-state index in [9.17, 15) is 9.59 Å². The van der Waals surface area contributed by atoms with E-state index >= 15 is 0 Å². The number of nitrogens with one attached hydrogen (secondary N) is 1. The van der Waals surface area contributed by atoms with Crippen LogP contribution in [0.3, 0.4) is 0 Å². The number of carbonyl (C=O) groups excluding carboxylic acids is 2. The molecule has 0 aliphatic carbocycles. The predicted molar refractivity (Wildman–Crippen MR) is 34.3 cm³/mol. The van der Waals surface area contributed by atoms with Gasteiger partial charge in [0.05, 0.1) is 0 Å². The van der Waals surface area contributed by atoms with Crippen LogP contribution >= 0.6 is 0 Å². The lowest BCUT2D eigenvalue weighted by Gasteiger charge is -2.22. The van der Waals surface area contributed by atoms with E-state index < -0.39 is 6.03 Å². The molecule has 4 nitrogen and oxygen atoms in total. The van der Waals surface area contributed by atoms with Crippen LogP contribution in [-0.2, 0) is 4.79 Å². The molecule has 1 heterocycles. The Morgan fingerprint density at radius 2 is 1.90 bits per heavy atom. The van der Waals surface area contributed by atoms with Crippen LogP contribution in [0.4, 0.5) is 4.79 Å². The summed E-state index contributed by atoms with van der Waals surface area (Å²) in [4.78, 5) is 22.4. The number of Topliss-reactive ketones (excluding diaryl/α,β-unsaturated/α-hetero) is 1. The molecule has 1 fully saturated rings. The van der Waals surface area contributed by atoms with Crippen molar-refractivity contribution in [3.05, 3.63) is 0 Å². The van der Waals surface area contributed by atoms with Crippen molar-refractivity contribution in [2.75, 3.05) is 13.1 Å². The molecule has 1 radical (unpaired) electrons. The van der Waals surface area contributed by atoms with E-state index in [2.05, 4.69) is 0 Å². The SMILES string of the molecule is [NH]C(=O)N1CCC(=O)CC1. The van der Waals surface area contributed by atoms with E-state index in [1.165, 1.54) is 4.90 Å². The van der Waals surface area contributed by atoms with Gasteiger partial charge in [0.2, 0.25) is 0 Å². The minimum Gasteiger partial charge on any atom is -0.323 e. The summed E-state index contributed by atoms with van der Waals surface area (Å²) in [6.45, 7) is 0.863. The Morgan fingerprint density at radius 1 is 1.40 bits per heavy atom. The molecule has 1 aliphatic rings. The molecule has 4 heteroatoms. The first-order valence-electron chi connectivity index (χ1n) is 3.22. The highest BCUT2D eigenvalue weighted by Crippen LogP contribution is 2.04. The number of hydrogen-bond acceptors (Lipinski definition) is 2. The molecule has 0 aromatic heterocycles. The van der Waals surface area contributed by atoms with Crippen LogP contribution in [0.1, 0.15) is 12.8 Å². The van der Waals surface area contributed by atoms with Crippen molar-refractivity contribution in [1.29, 1.82) is 0 Å². The number of hydrogen-bond donors (Lipinski definition) is 0. The predicted octanol–water partition coefficient (Wildman–Crippen LogP) is 0.0542. The summed E-state index contributed by atoms with van der Waals surface area (Å²) >= 11 is 0. The summed E-state index contributed by atoms with van der Waals surface area (Å²) in [5.41, 5.74) is 6.71. The monoisotopic (exact) mass is 141 g/mol. The molecule has 0 atom stereocenters. The maximum absolute atomic E-state index is 10.6. The molecule has 0 unspecified atom stereocenters.